The van der Waals surface area contributed by atoms with Crippen molar-refractivity contribution in [2.45, 2.75) is 25.6 Å². The topological polar surface area (TPSA) is 79.2 Å². The highest BCUT2D eigenvalue weighted by Gasteiger charge is 2.32. The molecule has 1 saturated heterocycles. The summed E-state index contributed by atoms with van der Waals surface area (Å²) in [5, 5.41) is 19.5. The van der Waals surface area contributed by atoms with Crippen molar-refractivity contribution in [3.8, 4) is 22.6 Å². The summed E-state index contributed by atoms with van der Waals surface area (Å²) in [6.07, 6.45) is -3.95. The number of rotatable bonds is 8. The number of hydrogen-bond acceptors (Lipinski definition) is 5. The van der Waals surface area contributed by atoms with Crippen LogP contribution in [0.25, 0.3) is 11.1 Å². The normalized spacial score (nSPS) is 16.9. The second-order valence-corrected chi connectivity index (χ2v) is 9.11. The number of benzene rings is 3. The van der Waals surface area contributed by atoms with E-state index >= 15 is 0 Å². The molecule has 2 atom stereocenters. The maximum Gasteiger partial charge on any atom is 0.416 e. The Morgan fingerprint density at radius 3 is 2.57 bits per heavy atom. The summed E-state index contributed by atoms with van der Waals surface area (Å²) in [7, 11) is 0. The standard InChI is InChI=1S/C28H28F3NO5/c1-18(14-19-8-10-22(11-9-19)37-17-26(34)35)25-16-32(12-13-36-25)27-23(6-3-7-24(27)33)20-4-2-5-21(15-20)28(29,30)31/h2-11,15,18,25,33H,12-14,16-17H2,1H3,(H,34,35). The smallest absolute Gasteiger partial charge is 0.416 e. The lowest BCUT2D eigenvalue weighted by Gasteiger charge is -2.38. The molecule has 0 radical (unpaired) electrons. The van der Waals surface area contributed by atoms with Gasteiger partial charge in [0.25, 0.3) is 0 Å². The predicted molar refractivity (Wildman–Crippen MR) is 133 cm³/mol. The van der Waals surface area contributed by atoms with Gasteiger partial charge in [0.1, 0.15) is 11.5 Å². The van der Waals surface area contributed by atoms with Crippen LogP contribution in [0.4, 0.5) is 18.9 Å². The molecule has 1 fully saturated rings. The molecule has 0 saturated carbocycles. The van der Waals surface area contributed by atoms with E-state index in [9.17, 15) is 23.1 Å². The van der Waals surface area contributed by atoms with E-state index in [2.05, 4.69) is 6.92 Å². The molecule has 37 heavy (non-hydrogen) atoms. The summed E-state index contributed by atoms with van der Waals surface area (Å²) in [6, 6.07) is 17.2. The van der Waals surface area contributed by atoms with Crippen molar-refractivity contribution >= 4 is 11.7 Å². The highest BCUT2D eigenvalue weighted by Crippen LogP contribution is 2.41. The van der Waals surface area contributed by atoms with Crippen LogP contribution in [0, 0.1) is 5.92 Å². The van der Waals surface area contributed by atoms with Gasteiger partial charge in [-0.05, 0) is 53.8 Å². The number of ether oxygens (including phenoxy) is 2. The lowest BCUT2D eigenvalue weighted by atomic mass is 9.93. The number of nitrogens with zero attached hydrogens (tertiary/aromatic N) is 1. The van der Waals surface area contributed by atoms with Gasteiger partial charge in [0, 0.05) is 18.7 Å². The van der Waals surface area contributed by atoms with Gasteiger partial charge in [0.05, 0.1) is 24.0 Å². The molecule has 1 aliphatic rings. The Kier molecular flexibility index (Phi) is 7.92. The van der Waals surface area contributed by atoms with Crippen LogP contribution < -0.4 is 9.64 Å². The number of carboxylic acid groups (broad SMARTS) is 1. The molecule has 0 bridgehead atoms. The number of alkyl halides is 3. The molecule has 0 spiro atoms. The zero-order valence-corrected chi connectivity index (χ0v) is 20.2. The molecule has 6 nitrogen and oxygen atoms in total. The zero-order chi connectivity index (χ0) is 26.6. The second kappa shape index (κ2) is 11.1. The Morgan fingerprint density at radius 1 is 1.14 bits per heavy atom. The Morgan fingerprint density at radius 2 is 1.86 bits per heavy atom. The van der Waals surface area contributed by atoms with Gasteiger partial charge < -0.3 is 24.6 Å². The number of carbonyl (C=O) groups is 1. The quantitative estimate of drug-likeness (QED) is 0.405. The minimum Gasteiger partial charge on any atom is -0.506 e. The number of aromatic hydroxyl groups is 1. The molecule has 4 rings (SSSR count). The molecule has 3 aromatic rings. The fourth-order valence-corrected chi connectivity index (χ4v) is 4.55. The number of phenols is 1. The second-order valence-electron chi connectivity index (χ2n) is 9.11. The summed E-state index contributed by atoms with van der Waals surface area (Å²) < 4.78 is 51.2. The first-order chi connectivity index (χ1) is 17.6. The van der Waals surface area contributed by atoms with Crippen molar-refractivity contribution < 1.29 is 37.7 Å². The zero-order valence-electron chi connectivity index (χ0n) is 20.2. The summed E-state index contributed by atoms with van der Waals surface area (Å²) >= 11 is 0. The number of morpholine rings is 1. The molecular formula is C28H28F3NO5. The average molecular weight is 516 g/mol. The Bertz CT molecular complexity index is 1230. The number of aliphatic carboxylic acids is 1. The molecule has 9 heteroatoms. The van der Waals surface area contributed by atoms with Gasteiger partial charge in [-0.1, -0.05) is 43.3 Å². The molecule has 3 aromatic carbocycles. The van der Waals surface area contributed by atoms with Crippen LogP contribution in [-0.2, 0) is 22.1 Å². The van der Waals surface area contributed by atoms with Crippen LogP contribution in [0.15, 0.2) is 66.7 Å². The average Bonchev–Trinajstić information content (AvgIpc) is 2.87. The minimum absolute atomic E-state index is 0.000152. The summed E-state index contributed by atoms with van der Waals surface area (Å²) in [4.78, 5) is 12.6. The first-order valence-corrected chi connectivity index (χ1v) is 11.9. The van der Waals surface area contributed by atoms with E-state index in [0.717, 1.165) is 17.7 Å². The van der Waals surface area contributed by atoms with E-state index < -0.39 is 24.3 Å². The van der Waals surface area contributed by atoms with Crippen molar-refractivity contribution in [2.75, 3.05) is 31.2 Å². The number of anilines is 1. The van der Waals surface area contributed by atoms with E-state index in [1.165, 1.54) is 12.1 Å². The van der Waals surface area contributed by atoms with E-state index in [1.54, 1.807) is 30.3 Å². The SMILES string of the molecule is CC(Cc1ccc(OCC(=O)O)cc1)C1CN(c2c(O)cccc2-c2cccc(C(F)(F)F)c2)CCO1. The van der Waals surface area contributed by atoms with Crippen molar-refractivity contribution in [1.82, 2.24) is 0 Å². The summed E-state index contributed by atoms with van der Waals surface area (Å²) in [5.41, 5.74) is 1.68. The van der Waals surface area contributed by atoms with Gasteiger partial charge in [-0.2, -0.15) is 13.2 Å². The number of hydrogen-bond donors (Lipinski definition) is 2. The van der Waals surface area contributed by atoms with E-state index in [4.69, 9.17) is 14.6 Å². The van der Waals surface area contributed by atoms with Gasteiger partial charge in [-0.25, -0.2) is 4.79 Å². The van der Waals surface area contributed by atoms with Crippen LogP contribution in [0.3, 0.4) is 0 Å². The number of halogens is 3. The van der Waals surface area contributed by atoms with E-state index in [0.29, 0.717) is 48.7 Å². The lowest BCUT2D eigenvalue weighted by molar-refractivity contribution is -0.139. The van der Waals surface area contributed by atoms with Gasteiger partial charge in [-0.15, -0.1) is 0 Å². The lowest BCUT2D eigenvalue weighted by Crippen LogP contribution is -2.46. The van der Waals surface area contributed by atoms with E-state index in [1.807, 2.05) is 17.0 Å². The van der Waals surface area contributed by atoms with Crippen LogP contribution in [0.2, 0.25) is 0 Å². The van der Waals surface area contributed by atoms with Crippen molar-refractivity contribution in [2.24, 2.45) is 5.92 Å². The maximum atomic E-state index is 13.3. The largest absolute Gasteiger partial charge is 0.506 e. The fourth-order valence-electron chi connectivity index (χ4n) is 4.55. The predicted octanol–water partition coefficient (Wildman–Crippen LogP) is 5.63. The molecule has 196 valence electrons. The first-order valence-electron chi connectivity index (χ1n) is 11.9. The monoisotopic (exact) mass is 515 g/mol. The molecule has 1 aliphatic heterocycles. The molecular weight excluding hydrogens is 487 g/mol. The van der Waals surface area contributed by atoms with Gasteiger partial charge in [0.15, 0.2) is 6.61 Å². The molecule has 0 aromatic heterocycles. The third-order valence-electron chi connectivity index (χ3n) is 6.40. The van der Waals surface area contributed by atoms with Crippen LogP contribution in [-0.4, -0.2) is 48.6 Å². The van der Waals surface area contributed by atoms with Crippen LogP contribution in [0.5, 0.6) is 11.5 Å². The first kappa shape index (κ1) is 26.3. The fraction of sp³-hybridized carbons (Fsp3) is 0.321. The Hall–Kier alpha value is -3.72. The van der Waals surface area contributed by atoms with Gasteiger partial charge in [-0.3, -0.25) is 0 Å². The van der Waals surface area contributed by atoms with Crippen molar-refractivity contribution in [1.29, 1.82) is 0 Å². The number of phenolic OH excluding ortho intramolecular Hbond substituents is 1. The number of carboxylic acids is 1. The van der Waals surface area contributed by atoms with Crippen molar-refractivity contribution in [3.05, 3.63) is 77.9 Å². The summed E-state index contributed by atoms with van der Waals surface area (Å²) in [6.45, 7) is 3.01. The molecule has 0 aliphatic carbocycles. The van der Waals surface area contributed by atoms with Crippen LogP contribution in [0.1, 0.15) is 18.1 Å². The Labute approximate surface area is 212 Å². The third kappa shape index (κ3) is 6.54. The highest BCUT2D eigenvalue weighted by molar-refractivity contribution is 5.83. The summed E-state index contributed by atoms with van der Waals surface area (Å²) in [5.74, 6) is -0.477. The van der Waals surface area contributed by atoms with Gasteiger partial charge in [0.2, 0.25) is 0 Å². The third-order valence-corrected chi connectivity index (χ3v) is 6.40. The van der Waals surface area contributed by atoms with Gasteiger partial charge >= 0.3 is 12.1 Å². The molecule has 1 heterocycles. The molecule has 2 N–H and O–H groups in total. The minimum atomic E-state index is -4.47. The highest BCUT2D eigenvalue weighted by atomic mass is 19.4. The molecule has 0 amide bonds. The van der Waals surface area contributed by atoms with Crippen molar-refractivity contribution in [3.63, 3.8) is 0 Å². The Balaban J connectivity index is 1.50. The maximum absolute atomic E-state index is 13.3. The van der Waals surface area contributed by atoms with Crippen LogP contribution >= 0.6 is 0 Å². The van der Waals surface area contributed by atoms with E-state index in [-0.39, 0.29) is 17.8 Å². The molecule has 2 unspecified atom stereocenters. The number of para-hydroxylation sites is 1.